The predicted molar refractivity (Wildman–Crippen MR) is 173 cm³/mol. The molecule has 0 saturated carbocycles. The van der Waals surface area contributed by atoms with Gasteiger partial charge in [0.15, 0.2) is 5.69 Å². The number of fused-ring (bicyclic) bond motifs is 6. The van der Waals surface area contributed by atoms with Crippen molar-refractivity contribution in [3.8, 4) is 5.69 Å². The Balaban J connectivity index is 0.000000681. The molecule has 0 fully saturated rings. The number of halogens is 1. The molecule has 10 nitrogen and oxygen atoms in total. The van der Waals surface area contributed by atoms with Crippen molar-refractivity contribution in [1.29, 1.82) is 0 Å². The monoisotopic (exact) mass is 664 g/mol. The van der Waals surface area contributed by atoms with Gasteiger partial charge in [0.2, 0.25) is 0 Å². The Morgan fingerprint density at radius 3 is 2.06 bits per heavy atom. The Morgan fingerprint density at radius 2 is 1.38 bits per heavy atom. The van der Waals surface area contributed by atoms with Gasteiger partial charge < -0.3 is 0 Å². The number of benzene rings is 2. The minimum atomic E-state index is -4.94. The van der Waals surface area contributed by atoms with Crippen LogP contribution in [0.3, 0.4) is 0 Å². The summed E-state index contributed by atoms with van der Waals surface area (Å²) in [6.07, 6.45) is 17.9. The maximum atomic E-state index is 8.49. The van der Waals surface area contributed by atoms with Gasteiger partial charge in [-0.1, -0.05) is 52.1 Å². The number of hydrogen-bond acceptors (Lipinski definition) is 7. The van der Waals surface area contributed by atoms with Gasteiger partial charge in [-0.05, 0) is 108 Å². The summed E-state index contributed by atoms with van der Waals surface area (Å²) in [4.78, 5) is 2.37. The lowest BCUT2D eigenvalue weighted by Gasteiger charge is -2.31. The molecule has 48 heavy (non-hydrogen) atoms. The number of hydrogen-bond donors (Lipinski definition) is 0. The number of rotatable bonds is 4. The van der Waals surface area contributed by atoms with Crippen molar-refractivity contribution in [1.82, 2.24) is 19.4 Å². The molecule has 0 bridgehead atoms. The van der Waals surface area contributed by atoms with E-state index in [1.807, 2.05) is 0 Å². The predicted octanol–water partition coefficient (Wildman–Crippen LogP) is 2.73. The van der Waals surface area contributed by atoms with Crippen LogP contribution in [-0.4, -0.2) is 19.4 Å². The molecule has 4 heterocycles. The van der Waals surface area contributed by atoms with Crippen LogP contribution in [0.2, 0.25) is 0 Å². The summed E-state index contributed by atoms with van der Waals surface area (Å²) in [6, 6.07) is 23.6. The molecule has 8 rings (SSSR count). The summed E-state index contributed by atoms with van der Waals surface area (Å²) >= 11 is 0. The van der Waals surface area contributed by atoms with Gasteiger partial charge in [0, 0.05) is 23.0 Å². The zero-order valence-electron chi connectivity index (χ0n) is 27.0. The van der Waals surface area contributed by atoms with Gasteiger partial charge in [0.1, 0.15) is 17.2 Å². The van der Waals surface area contributed by atoms with Crippen molar-refractivity contribution >= 4 is 28.9 Å². The maximum Gasteiger partial charge on any atom is 0.318 e. The summed E-state index contributed by atoms with van der Waals surface area (Å²) in [7, 11) is -4.94. The highest BCUT2D eigenvalue weighted by Crippen LogP contribution is 2.41. The molecule has 0 N–H and O–H groups in total. The molecule has 0 atom stereocenters. The lowest BCUT2D eigenvalue weighted by molar-refractivity contribution is -2.00. The van der Waals surface area contributed by atoms with E-state index in [9.17, 15) is 0 Å². The normalized spacial score (nSPS) is 16.8. The number of allylic oxidation sites excluding steroid dienone is 5. The fraction of sp³-hybridized carbons (Fsp3) is 0.270. The van der Waals surface area contributed by atoms with Crippen molar-refractivity contribution in [2.75, 3.05) is 4.90 Å². The number of anilines is 2. The van der Waals surface area contributed by atoms with Crippen molar-refractivity contribution in [3.05, 3.63) is 125 Å². The van der Waals surface area contributed by atoms with E-state index in [2.05, 4.69) is 124 Å². The van der Waals surface area contributed by atoms with Crippen LogP contribution in [-0.2, 0) is 25.7 Å². The fourth-order valence-electron chi connectivity index (χ4n) is 7.19. The van der Waals surface area contributed by atoms with E-state index in [4.69, 9.17) is 28.8 Å². The third-order valence-corrected chi connectivity index (χ3v) is 9.15. The first kappa shape index (κ1) is 32.0. The number of aryl methyl sites for hydroxylation is 4. The van der Waals surface area contributed by atoms with E-state index in [1.165, 1.54) is 82.4 Å². The van der Waals surface area contributed by atoms with Crippen LogP contribution < -0.4 is 28.1 Å². The molecule has 11 heteroatoms. The molecule has 3 aromatic heterocycles. The van der Waals surface area contributed by atoms with Gasteiger partial charge in [0.25, 0.3) is 0 Å². The number of para-hydroxylation sites is 2. The van der Waals surface area contributed by atoms with E-state index in [0.29, 0.717) is 0 Å². The highest BCUT2D eigenvalue weighted by molar-refractivity contribution is 5.80. The van der Waals surface area contributed by atoms with Crippen molar-refractivity contribution in [2.45, 2.75) is 65.2 Å². The first-order chi connectivity index (χ1) is 23.2. The van der Waals surface area contributed by atoms with Crippen molar-refractivity contribution < 1.29 is 33.4 Å². The first-order valence-corrected chi connectivity index (χ1v) is 17.6. The topological polar surface area (TPSA) is 134 Å². The molecule has 2 aromatic carbocycles. The molecular weight excluding hydrogens is 628 g/mol. The quantitative estimate of drug-likeness (QED) is 0.270. The van der Waals surface area contributed by atoms with Gasteiger partial charge in [-0.3, -0.25) is 4.90 Å². The van der Waals surface area contributed by atoms with Crippen molar-refractivity contribution in [3.63, 3.8) is 0 Å². The second-order valence-electron chi connectivity index (χ2n) is 12.4. The average Bonchev–Trinajstić information content (AvgIpc) is 3.65. The smallest absolute Gasteiger partial charge is 0.299 e. The molecule has 0 saturated heterocycles. The van der Waals surface area contributed by atoms with E-state index in [-0.39, 0.29) is 0 Å². The third-order valence-electron chi connectivity index (χ3n) is 9.15. The van der Waals surface area contributed by atoms with Crippen LogP contribution >= 0.6 is 0 Å². The van der Waals surface area contributed by atoms with E-state index in [0.717, 1.165) is 37.1 Å². The Kier molecular flexibility index (Phi) is 8.76. The SMILES string of the molecule is CC1=C/C(=C/C=C/c2cc(C)[n+](-c3ccccc3)c3c4c(nn23)CCCC4)n2nc3c(c2N1c1ccccc1)CCCC3.[O-][Cl+3]([O-])([O-])[O-]. The Morgan fingerprint density at radius 1 is 0.771 bits per heavy atom. The van der Waals surface area contributed by atoms with Gasteiger partial charge in [0.05, 0.1) is 22.6 Å². The highest BCUT2D eigenvalue weighted by atomic mass is 35.7. The van der Waals surface area contributed by atoms with Crippen molar-refractivity contribution in [2.24, 2.45) is 0 Å². The molecule has 0 unspecified atom stereocenters. The number of aromatic nitrogens is 5. The summed E-state index contributed by atoms with van der Waals surface area (Å²) in [5.74, 6) is 1.20. The lowest BCUT2D eigenvalue weighted by Crippen LogP contribution is -2.68. The van der Waals surface area contributed by atoms with Crippen LogP contribution in [0.15, 0.2) is 90.7 Å². The van der Waals surface area contributed by atoms with Crippen LogP contribution in [0.1, 0.15) is 66.5 Å². The van der Waals surface area contributed by atoms with Crippen LogP contribution in [0.4, 0.5) is 11.5 Å². The molecule has 3 aliphatic rings. The average molecular weight is 665 g/mol. The second kappa shape index (κ2) is 13.1. The minimum Gasteiger partial charge on any atom is -0.299 e. The van der Waals surface area contributed by atoms with E-state index < -0.39 is 10.2 Å². The second-order valence-corrected chi connectivity index (χ2v) is 13.2. The molecular formula is C37H37ClN6O4. The van der Waals surface area contributed by atoms with Crippen LogP contribution in [0.5, 0.6) is 0 Å². The number of nitrogens with zero attached hydrogens (tertiary/aromatic N) is 6. The lowest BCUT2D eigenvalue weighted by atomic mass is 9.96. The molecule has 0 spiro atoms. The third kappa shape index (κ3) is 6.33. The molecule has 2 aliphatic carbocycles. The summed E-state index contributed by atoms with van der Waals surface area (Å²) < 4.78 is 40.7. The zero-order valence-corrected chi connectivity index (χ0v) is 27.8. The Labute approximate surface area is 281 Å². The molecule has 0 radical (unpaired) electrons. The molecule has 246 valence electrons. The standard InChI is InChI=1S/C37H37N6.ClHO4/c1-26-24-30(42-36(32-20-9-11-22-34(32)38-42)40(26)28-14-5-3-6-15-28)18-13-19-31-25-27(2)41(29-16-7-4-8-17-29)37-33-21-10-12-23-35(33)39-43(31)37;2-1(3,4)5/h3-8,13-19,24-25H,9-12,20-23H2,1-2H3;(H,2,3,4,5)/q+1;/p-1. The minimum absolute atomic E-state index is 1.05. The van der Waals surface area contributed by atoms with Crippen LogP contribution in [0, 0.1) is 17.2 Å². The largest absolute Gasteiger partial charge is 0.318 e. The summed E-state index contributed by atoms with van der Waals surface area (Å²) in [5, 5.41) is 10.3. The Hall–Kier alpha value is -4.58. The first-order valence-electron chi connectivity index (χ1n) is 16.3. The van der Waals surface area contributed by atoms with E-state index >= 15 is 0 Å². The highest BCUT2D eigenvalue weighted by Gasteiger charge is 2.31. The van der Waals surface area contributed by atoms with Gasteiger partial charge in [-0.25, -0.2) is 23.3 Å². The molecule has 1 aliphatic heterocycles. The van der Waals surface area contributed by atoms with Gasteiger partial charge >= 0.3 is 5.65 Å². The summed E-state index contributed by atoms with van der Waals surface area (Å²) in [5.41, 5.74) is 13.4. The molecule has 5 aromatic rings. The van der Waals surface area contributed by atoms with Gasteiger partial charge in [-0.2, -0.15) is 9.67 Å². The van der Waals surface area contributed by atoms with E-state index in [1.54, 1.807) is 0 Å². The molecule has 0 amide bonds. The maximum absolute atomic E-state index is 8.49. The fourth-order valence-corrected chi connectivity index (χ4v) is 7.19. The van der Waals surface area contributed by atoms with Crippen LogP contribution in [0.25, 0.3) is 23.1 Å². The zero-order chi connectivity index (χ0) is 33.4. The Bertz CT molecular complexity index is 2050. The van der Waals surface area contributed by atoms with Gasteiger partial charge in [-0.15, -0.1) is 10.2 Å². The summed E-state index contributed by atoms with van der Waals surface area (Å²) in [6.45, 7) is 4.41.